The highest BCUT2D eigenvalue weighted by molar-refractivity contribution is 5.94. The van der Waals surface area contributed by atoms with Crippen molar-refractivity contribution < 1.29 is 9.53 Å². The van der Waals surface area contributed by atoms with Crippen LogP contribution in [0.5, 0.6) is 5.88 Å². The lowest BCUT2D eigenvalue weighted by Crippen LogP contribution is -2.39. The van der Waals surface area contributed by atoms with E-state index in [0.717, 1.165) is 18.4 Å². The van der Waals surface area contributed by atoms with Gasteiger partial charge in [0, 0.05) is 18.3 Å². The Labute approximate surface area is 130 Å². The van der Waals surface area contributed by atoms with Gasteiger partial charge >= 0.3 is 0 Å². The Kier molecular flexibility index (Phi) is 4.37. The van der Waals surface area contributed by atoms with E-state index < -0.39 is 0 Å². The van der Waals surface area contributed by atoms with E-state index >= 15 is 0 Å². The molecule has 1 aliphatic carbocycles. The molecular formula is C18H20N2O2. The summed E-state index contributed by atoms with van der Waals surface area (Å²) in [4.78, 5) is 16.2. The molecule has 1 heterocycles. The normalized spacial score (nSPS) is 14.2. The molecule has 0 atom stereocenters. The number of hydrogen-bond acceptors (Lipinski definition) is 3. The van der Waals surface area contributed by atoms with Crippen LogP contribution in [0.25, 0.3) is 0 Å². The predicted molar refractivity (Wildman–Crippen MR) is 84.9 cm³/mol. The lowest BCUT2D eigenvalue weighted by molar-refractivity contribution is 0.0916. The summed E-state index contributed by atoms with van der Waals surface area (Å²) in [7, 11) is 0. The second-order valence-corrected chi connectivity index (χ2v) is 5.76. The summed E-state index contributed by atoms with van der Waals surface area (Å²) in [5, 5.41) is 3.00. The third-order valence-corrected chi connectivity index (χ3v) is 3.95. The van der Waals surface area contributed by atoms with Crippen molar-refractivity contribution in [2.75, 3.05) is 0 Å². The zero-order valence-corrected chi connectivity index (χ0v) is 12.7. The molecule has 0 aliphatic heterocycles. The highest BCUT2D eigenvalue weighted by Gasteiger charge is 2.20. The third-order valence-electron chi connectivity index (χ3n) is 3.95. The Balaban J connectivity index is 1.54. The number of carbonyl (C=O) groups is 1. The average molecular weight is 296 g/mol. The molecule has 1 N–H and O–H groups in total. The van der Waals surface area contributed by atoms with Gasteiger partial charge in [-0.2, -0.15) is 0 Å². The van der Waals surface area contributed by atoms with E-state index in [1.807, 2.05) is 12.1 Å². The van der Waals surface area contributed by atoms with Crippen LogP contribution in [0.1, 0.15) is 40.7 Å². The maximum absolute atomic E-state index is 12.0. The van der Waals surface area contributed by atoms with E-state index in [4.69, 9.17) is 4.74 Å². The number of hydrogen-bond donors (Lipinski definition) is 1. The Morgan fingerprint density at radius 2 is 2.00 bits per heavy atom. The van der Waals surface area contributed by atoms with E-state index in [2.05, 4.69) is 29.4 Å². The van der Waals surface area contributed by atoms with Crippen molar-refractivity contribution in [2.45, 2.75) is 38.8 Å². The van der Waals surface area contributed by atoms with E-state index in [1.165, 1.54) is 12.0 Å². The molecular weight excluding hydrogens is 276 g/mol. The first-order valence-corrected chi connectivity index (χ1v) is 7.66. The minimum atomic E-state index is -0.0534. The second kappa shape index (κ2) is 6.60. The minimum absolute atomic E-state index is 0.0534. The van der Waals surface area contributed by atoms with E-state index in [-0.39, 0.29) is 5.91 Å². The number of rotatable bonds is 5. The Morgan fingerprint density at radius 3 is 2.59 bits per heavy atom. The van der Waals surface area contributed by atoms with Crippen LogP contribution in [0.2, 0.25) is 0 Å². The molecule has 1 fully saturated rings. The fraction of sp³-hybridized carbons (Fsp3) is 0.333. The first-order valence-electron chi connectivity index (χ1n) is 7.66. The molecule has 0 unspecified atom stereocenters. The number of carbonyl (C=O) groups excluding carboxylic acids is 1. The smallest absolute Gasteiger partial charge is 0.253 e. The van der Waals surface area contributed by atoms with Crippen LogP contribution in [-0.4, -0.2) is 16.9 Å². The fourth-order valence-electron chi connectivity index (χ4n) is 2.26. The van der Waals surface area contributed by atoms with Crippen LogP contribution >= 0.6 is 0 Å². The van der Waals surface area contributed by atoms with Gasteiger partial charge in [-0.1, -0.05) is 29.8 Å². The number of aryl methyl sites for hydroxylation is 1. The predicted octanol–water partition coefficient (Wildman–Crippen LogP) is 3.25. The largest absolute Gasteiger partial charge is 0.473 e. The van der Waals surface area contributed by atoms with Crippen molar-refractivity contribution in [3.05, 3.63) is 59.3 Å². The van der Waals surface area contributed by atoms with Gasteiger partial charge < -0.3 is 10.1 Å². The molecule has 1 amide bonds. The van der Waals surface area contributed by atoms with Gasteiger partial charge in [-0.15, -0.1) is 0 Å². The Bertz CT molecular complexity index is 631. The van der Waals surface area contributed by atoms with E-state index in [0.29, 0.717) is 24.1 Å². The monoisotopic (exact) mass is 296 g/mol. The highest BCUT2D eigenvalue weighted by Crippen LogP contribution is 2.19. The molecule has 22 heavy (non-hydrogen) atoms. The number of pyridine rings is 1. The van der Waals surface area contributed by atoms with E-state index in [9.17, 15) is 4.79 Å². The zero-order valence-electron chi connectivity index (χ0n) is 12.7. The van der Waals surface area contributed by atoms with Gasteiger partial charge in [-0.3, -0.25) is 4.79 Å². The first kappa shape index (κ1) is 14.6. The first-order chi connectivity index (χ1) is 10.7. The quantitative estimate of drug-likeness (QED) is 0.921. The topological polar surface area (TPSA) is 51.2 Å². The SMILES string of the molecule is Cc1ccc(COc2ccc(C(=O)NC3CCC3)cn2)cc1. The summed E-state index contributed by atoms with van der Waals surface area (Å²) in [5.41, 5.74) is 2.90. The minimum Gasteiger partial charge on any atom is -0.473 e. The summed E-state index contributed by atoms with van der Waals surface area (Å²) >= 11 is 0. The highest BCUT2D eigenvalue weighted by atomic mass is 16.5. The number of benzene rings is 1. The molecule has 0 saturated heterocycles. The van der Waals surface area contributed by atoms with Crippen molar-refractivity contribution in [2.24, 2.45) is 0 Å². The van der Waals surface area contributed by atoms with Crippen LogP contribution in [0.3, 0.4) is 0 Å². The molecule has 0 radical (unpaired) electrons. The second-order valence-electron chi connectivity index (χ2n) is 5.76. The maximum atomic E-state index is 12.0. The molecule has 1 saturated carbocycles. The molecule has 0 spiro atoms. The van der Waals surface area contributed by atoms with Crippen molar-refractivity contribution in [1.82, 2.24) is 10.3 Å². The van der Waals surface area contributed by atoms with Crippen molar-refractivity contribution in [1.29, 1.82) is 0 Å². The Morgan fingerprint density at radius 1 is 1.23 bits per heavy atom. The van der Waals surface area contributed by atoms with Crippen LogP contribution in [0.15, 0.2) is 42.6 Å². The lowest BCUT2D eigenvalue weighted by atomic mass is 9.93. The van der Waals surface area contributed by atoms with Crippen molar-refractivity contribution in [3.8, 4) is 5.88 Å². The van der Waals surface area contributed by atoms with Crippen molar-refractivity contribution >= 4 is 5.91 Å². The number of nitrogens with zero attached hydrogens (tertiary/aromatic N) is 1. The number of ether oxygens (including phenoxy) is 1. The summed E-state index contributed by atoms with van der Waals surface area (Å²) in [6.45, 7) is 2.53. The number of amides is 1. The van der Waals surface area contributed by atoms with E-state index in [1.54, 1.807) is 18.3 Å². The van der Waals surface area contributed by atoms with Crippen molar-refractivity contribution in [3.63, 3.8) is 0 Å². The van der Waals surface area contributed by atoms with Crippen LogP contribution < -0.4 is 10.1 Å². The van der Waals surface area contributed by atoms with Gasteiger partial charge in [0.05, 0.1) is 5.56 Å². The molecule has 2 aromatic rings. The molecule has 114 valence electrons. The fourth-order valence-corrected chi connectivity index (χ4v) is 2.26. The van der Waals surface area contributed by atoms with Gasteiger partial charge in [0.1, 0.15) is 6.61 Å². The molecule has 4 nitrogen and oxygen atoms in total. The molecule has 1 aromatic heterocycles. The summed E-state index contributed by atoms with van der Waals surface area (Å²) in [6, 6.07) is 12.0. The summed E-state index contributed by atoms with van der Waals surface area (Å²) in [6.07, 6.45) is 4.93. The Hall–Kier alpha value is -2.36. The molecule has 0 bridgehead atoms. The molecule has 1 aromatic carbocycles. The molecule has 3 rings (SSSR count). The van der Waals surface area contributed by atoms with Crippen LogP contribution in [-0.2, 0) is 6.61 Å². The summed E-state index contributed by atoms with van der Waals surface area (Å²) < 4.78 is 5.64. The van der Waals surface area contributed by atoms with Crippen LogP contribution in [0.4, 0.5) is 0 Å². The summed E-state index contributed by atoms with van der Waals surface area (Å²) in [5.74, 6) is 0.475. The molecule has 1 aliphatic rings. The standard InChI is InChI=1S/C18H20N2O2/c1-13-5-7-14(8-6-13)12-22-17-10-9-15(11-19-17)18(21)20-16-3-2-4-16/h5-11,16H,2-4,12H2,1H3,(H,20,21). The number of nitrogens with one attached hydrogen (secondary N) is 1. The van der Waals surface area contributed by atoms with Crippen LogP contribution in [0, 0.1) is 6.92 Å². The average Bonchev–Trinajstić information content (AvgIpc) is 2.51. The van der Waals surface area contributed by atoms with Gasteiger partial charge in [0.25, 0.3) is 5.91 Å². The van der Waals surface area contributed by atoms with Gasteiger partial charge in [-0.05, 0) is 37.8 Å². The number of aromatic nitrogens is 1. The third kappa shape index (κ3) is 3.64. The van der Waals surface area contributed by atoms with Gasteiger partial charge in [0.15, 0.2) is 0 Å². The maximum Gasteiger partial charge on any atom is 0.253 e. The van der Waals surface area contributed by atoms with Gasteiger partial charge in [0.2, 0.25) is 5.88 Å². The zero-order chi connectivity index (χ0) is 15.4. The van der Waals surface area contributed by atoms with Gasteiger partial charge in [-0.25, -0.2) is 4.98 Å². The molecule has 4 heteroatoms. The lowest BCUT2D eigenvalue weighted by Gasteiger charge is -2.26.